The fourth-order valence-electron chi connectivity index (χ4n) is 2.78. The second-order valence-corrected chi connectivity index (χ2v) is 4.76. The van der Waals surface area contributed by atoms with Gasteiger partial charge in [0, 0.05) is 11.5 Å². The van der Waals surface area contributed by atoms with E-state index in [0.29, 0.717) is 23.9 Å². The third kappa shape index (κ3) is 1.60. The summed E-state index contributed by atoms with van der Waals surface area (Å²) in [6, 6.07) is 0. The number of hydrogen-bond acceptors (Lipinski definition) is 6. The number of rotatable bonds is 2. The summed E-state index contributed by atoms with van der Waals surface area (Å²) in [4.78, 5) is 8.21. The van der Waals surface area contributed by atoms with Crippen molar-refractivity contribution in [3.8, 4) is 0 Å². The molecule has 18 heavy (non-hydrogen) atoms. The van der Waals surface area contributed by atoms with Gasteiger partial charge in [0.05, 0.1) is 0 Å². The summed E-state index contributed by atoms with van der Waals surface area (Å²) in [5, 5.41) is 0. The number of furan rings is 1. The van der Waals surface area contributed by atoms with E-state index in [2.05, 4.69) is 9.97 Å². The van der Waals surface area contributed by atoms with Gasteiger partial charge in [0.25, 0.3) is 0 Å². The Morgan fingerprint density at radius 3 is 2.89 bits per heavy atom. The number of hydrogen-bond donors (Lipinski definition) is 3. The fourth-order valence-corrected chi connectivity index (χ4v) is 2.78. The Bertz CT molecular complexity index is 592. The van der Waals surface area contributed by atoms with Crippen LogP contribution >= 0.6 is 0 Å². The monoisotopic (exact) mass is 247 g/mol. The number of aryl methyl sites for hydroxylation is 1. The van der Waals surface area contributed by atoms with Crippen LogP contribution in [0.25, 0.3) is 11.1 Å². The van der Waals surface area contributed by atoms with Crippen molar-refractivity contribution in [1.29, 1.82) is 0 Å². The Morgan fingerprint density at radius 1 is 1.28 bits per heavy atom. The number of nitrogens with two attached hydrogens (primary N) is 3. The van der Waals surface area contributed by atoms with Crippen LogP contribution < -0.4 is 17.2 Å². The van der Waals surface area contributed by atoms with E-state index in [4.69, 9.17) is 21.6 Å². The molecule has 0 amide bonds. The molecular formula is C12H17N5O. The Hall–Kier alpha value is -1.82. The maximum Gasteiger partial charge on any atom is 0.222 e. The van der Waals surface area contributed by atoms with Gasteiger partial charge in [-0.15, -0.1) is 0 Å². The maximum atomic E-state index is 5.88. The molecule has 2 aromatic rings. The topological polar surface area (TPSA) is 117 Å². The smallest absolute Gasteiger partial charge is 0.222 e. The van der Waals surface area contributed by atoms with Crippen LogP contribution in [-0.4, -0.2) is 16.5 Å². The quantitative estimate of drug-likeness (QED) is 0.733. The van der Waals surface area contributed by atoms with E-state index < -0.39 is 0 Å². The normalized spacial score (nSPS) is 19.1. The predicted octanol–water partition coefficient (Wildman–Crippen LogP) is 1.16. The van der Waals surface area contributed by atoms with Crippen LogP contribution in [0.4, 0.5) is 11.8 Å². The lowest BCUT2D eigenvalue weighted by Crippen LogP contribution is -2.12. The summed E-state index contributed by atoms with van der Waals surface area (Å²) in [6.07, 6.45) is 4.11. The van der Waals surface area contributed by atoms with Crippen LogP contribution in [-0.2, 0) is 6.42 Å². The first-order valence-electron chi connectivity index (χ1n) is 6.25. The molecular weight excluding hydrogens is 230 g/mol. The summed E-state index contributed by atoms with van der Waals surface area (Å²) in [7, 11) is 0. The molecule has 0 bridgehead atoms. The lowest BCUT2D eigenvalue weighted by molar-refractivity contribution is 0.420. The van der Waals surface area contributed by atoms with E-state index in [9.17, 15) is 0 Å². The first-order valence-corrected chi connectivity index (χ1v) is 6.25. The average molecular weight is 247 g/mol. The summed E-state index contributed by atoms with van der Waals surface area (Å²) >= 11 is 0. The molecule has 0 saturated carbocycles. The van der Waals surface area contributed by atoms with E-state index in [1.807, 2.05) is 0 Å². The molecule has 2 heterocycles. The molecule has 3 rings (SSSR count). The van der Waals surface area contributed by atoms with E-state index in [1.54, 1.807) is 0 Å². The van der Waals surface area contributed by atoms with Gasteiger partial charge >= 0.3 is 0 Å². The molecule has 6 N–H and O–H groups in total. The van der Waals surface area contributed by atoms with Gasteiger partial charge in [-0.25, -0.2) is 4.98 Å². The molecule has 0 saturated heterocycles. The van der Waals surface area contributed by atoms with Crippen molar-refractivity contribution < 1.29 is 4.42 Å². The number of anilines is 2. The number of nitrogens with zero attached hydrogens (tertiary/aromatic N) is 2. The minimum absolute atomic E-state index is 0.199. The number of aromatic nitrogens is 2. The summed E-state index contributed by atoms with van der Waals surface area (Å²) in [6.45, 7) is 0.657. The summed E-state index contributed by atoms with van der Waals surface area (Å²) in [5.74, 6) is 1.87. The Kier molecular flexibility index (Phi) is 2.59. The van der Waals surface area contributed by atoms with Gasteiger partial charge in [0.2, 0.25) is 5.95 Å². The van der Waals surface area contributed by atoms with E-state index in [0.717, 1.165) is 42.5 Å². The molecule has 6 nitrogen and oxygen atoms in total. The van der Waals surface area contributed by atoms with Gasteiger partial charge < -0.3 is 21.6 Å². The second kappa shape index (κ2) is 4.13. The zero-order chi connectivity index (χ0) is 12.7. The lowest BCUT2D eigenvalue weighted by atomic mass is 9.86. The Morgan fingerprint density at radius 2 is 2.11 bits per heavy atom. The van der Waals surface area contributed by atoms with Crippen LogP contribution in [0.15, 0.2) is 4.42 Å². The second-order valence-electron chi connectivity index (χ2n) is 4.76. The number of nitrogen functional groups attached to an aromatic ring is 2. The lowest BCUT2D eigenvalue weighted by Gasteiger charge is -2.19. The Labute approximate surface area is 105 Å². The highest BCUT2D eigenvalue weighted by atomic mass is 16.3. The molecule has 0 aliphatic heterocycles. The highest BCUT2D eigenvalue weighted by Crippen LogP contribution is 2.40. The SMILES string of the molecule is NCCC1CCCc2c1oc1c(N)nc(N)nc21. The van der Waals surface area contributed by atoms with Crippen molar-refractivity contribution in [2.75, 3.05) is 18.0 Å². The molecule has 0 aromatic carbocycles. The van der Waals surface area contributed by atoms with Crippen molar-refractivity contribution in [2.45, 2.75) is 31.6 Å². The molecule has 0 fully saturated rings. The molecule has 1 atom stereocenters. The van der Waals surface area contributed by atoms with Crippen LogP contribution in [0.2, 0.25) is 0 Å². The van der Waals surface area contributed by atoms with Crippen molar-refractivity contribution >= 4 is 22.9 Å². The largest absolute Gasteiger partial charge is 0.455 e. The van der Waals surface area contributed by atoms with Gasteiger partial charge in [0.15, 0.2) is 11.4 Å². The van der Waals surface area contributed by atoms with Gasteiger partial charge in [-0.3, -0.25) is 0 Å². The van der Waals surface area contributed by atoms with E-state index in [1.165, 1.54) is 0 Å². The summed E-state index contributed by atoms with van der Waals surface area (Å²) in [5.41, 5.74) is 19.6. The van der Waals surface area contributed by atoms with Crippen LogP contribution in [0, 0.1) is 0 Å². The van der Waals surface area contributed by atoms with Crippen LogP contribution in [0.3, 0.4) is 0 Å². The van der Waals surface area contributed by atoms with Crippen molar-refractivity contribution in [3.63, 3.8) is 0 Å². The first-order chi connectivity index (χ1) is 8.70. The van der Waals surface area contributed by atoms with Gasteiger partial charge in [-0.2, -0.15) is 4.98 Å². The standard InChI is InChI=1S/C12H17N5O/c13-5-4-6-2-1-3-7-8-10(18-9(6)7)11(14)17-12(15)16-8/h6H,1-5,13H2,(H4,14,15,16,17). The fraction of sp³-hybridized carbons (Fsp3) is 0.500. The molecule has 2 aromatic heterocycles. The Balaban J connectivity index is 2.20. The molecule has 6 heteroatoms. The van der Waals surface area contributed by atoms with E-state index in [-0.39, 0.29) is 5.95 Å². The third-order valence-corrected chi connectivity index (χ3v) is 3.57. The molecule has 96 valence electrons. The molecule has 1 unspecified atom stereocenters. The van der Waals surface area contributed by atoms with Crippen molar-refractivity contribution in [3.05, 3.63) is 11.3 Å². The van der Waals surface area contributed by atoms with Crippen LogP contribution in [0.1, 0.15) is 36.5 Å². The number of fused-ring (bicyclic) bond motifs is 3. The molecule has 0 spiro atoms. The third-order valence-electron chi connectivity index (χ3n) is 3.57. The zero-order valence-corrected chi connectivity index (χ0v) is 10.1. The average Bonchev–Trinajstić information content (AvgIpc) is 2.70. The zero-order valence-electron chi connectivity index (χ0n) is 10.1. The maximum absolute atomic E-state index is 5.88. The van der Waals surface area contributed by atoms with Crippen LogP contribution in [0.5, 0.6) is 0 Å². The highest BCUT2D eigenvalue weighted by molar-refractivity contribution is 5.87. The molecule has 1 aliphatic carbocycles. The highest BCUT2D eigenvalue weighted by Gasteiger charge is 2.28. The predicted molar refractivity (Wildman–Crippen MR) is 70.0 cm³/mol. The minimum atomic E-state index is 0.199. The molecule has 1 aliphatic rings. The van der Waals surface area contributed by atoms with Crippen molar-refractivity contribution in [1.82, 2.24) is 9.97 Å². The molecule has 0 radical (unpaired) electrons. The van der Waals surface area contributed by atoms with E-state index >= 15 is 0 Å². The first kappa shape index (κ1) is 11.3. The minimum Gasteiger partial charge on any atom is -0.455 e. The van der Waals surface area contributed by atoms with Gasteiger partial charge in [-0.1, -0.05) is 0 Å². The van der Waals surface area contributed by atoms with Crippen molar-refractivity contribution in [2.24, 2.45) is 5.73 Å². The van der Waals surface area contributed by atoms with Gasteiger partial charge in [0.1, 0.15) is 11.3 Å². The van der Waals surface area contributed by atoms with Gasteiger partial charge in [-0.05, 0) is 32.2 Å². The summed E-state index contributed by atoms with van der Waals surface area (Å²) < 4.78 is 5.88.